The van der Waals surface area contributed by atoms with Gasteiger partial charge in [-0.2, -0.15) is 0 Å². The van der Waals surface area contributed by atoms with Gasteiger partial charge in [0.2, 0.25) is 0 Å². The molecule has 2 fully saturated rings. The molecule has 0 unspecified atom stereocenters. The number of fused-ring (bicyclic) bond motifs is 1. The van der Waals surface area contributed by atoms with Gasteiger partial charge in [-0.1, -0.05) is 18.2 Å². The van der Waals surface area contributed by atoms with Gasteiger partial charge in [0.25, 0.3) is 0 Å². The highest BCUT2D eigenvalue weighted by Crippen LogP contribution is 2.30. The van der Waals surface area contributed by atoms with E-state index in [4.69, 9.17) is 5.11 Å². The van der Waals surface area contributed by atoms with E-state index in [2.05, 4.69) is 17.0 Å². The molecular weight excluding hydrogens is 348 g/mol. The van der Waals surface area contributed by atoms with E-state index in [0.717, 1.165) is 0 Å². The van der Waals surface area contributed by atoms with Crippen LogP contribution in [0.3, 0.4) is 0 Å². The number of piperazine rings is 1. The van der Waals surface area contributed by atoms with Crippen LogP contribution < -0.4 is 0 Å². The van der Waals surface area contributed by atoms with Crippen LogP contribution in [0.15, 0.2) is 29.2 Å². The molecule has 0 spiro atoms. The lowest BCUT2D eigenvalue weighted by molar-refractivity contribution is -0.139. The third-order valence-electron chi connectivity index (χ3n) is 4.81. The fraction of sp³-hybridized carbons (Fsp3) is 0.562. The van der Waals surface area contributed by atoms with Gasteiger partial charge < -0.3 is 5.11 Å². The van der Waals surface area contributed by atoms with Gasteiger partial charge in [0.15, 0.2) is 9.84 Å². The third-order valence-corrected chi connectivity index (χ3v) is 7.35. The van der Waals surface area contributed by atoms with Gasteiger partial charge in [0.05, 0.1) is 18.1 Å². The number of thioether (sulfide) groups is 1. The van der Waals surface area contributed by atoms with Crippen molar-refractivity contribution in [2.75, 3.05) is 37.4 Å². The van der Waals surface area contributed by atoms with E-state index in [1.54, 1.807) is 11.8 Å². The first kappa shape index (κ1) is 17.7. The van der Waals surface area contributed by atoms with E-state index >= 15 is 0 Å². The number of rotatable bonds is 5. The highest BCUT2D eigenvalue weighted by Gasteiger charge is 2.46. The molecule has 2 heterocycles. The number of sulfone groups is 1. The first-order valence-corrected chi connectivity index (χ1v) is 11.0. The third kappa shape index (κ3) is 3.77. The minimum absolute atomic E-state index is 0.0611. The van der Waals surface area contributed by atoms with Gasteiger partial charge in [-0.25, -0.2) is 8.42 Å². The van der Waals surface area contributed by atoms with Crippen LogP contribution in [0.5, 0.6) is 0 Å². The maximum atomic E-state index is 12.1. The highest BCUT2D eigenvalue weighted by atomic mass is 32.2. The molecule has 1 aromatic carbocycles. The van der Waals surface area contributed by atoms with Crippen LogP contribution in [0.4, 0.5) is 0 Å². The zero-order chi connectivity index (χ0) is 17.3. The summed E-state index contributed by atoms with van der Waals surface area (Å²) in [6.07, 6.45) is 2.03. The van der Waals surface area contributed by atoms with Gasteiger partial charge in [0, 0.05) is 36.6 Å². The predicted molar refractivity (Wildman–Crippen MR) is 94.1 cm³/mol. The lowest BCUT2D eigenvalue weighted by Gasteiger charge is -2.43. The molecule has 1 aromatic rings. The van der Waals surface area contributed by atoms with E-state index in [9.17, 15) is 13.2 Å². The SMILES string of the molecule is CSc1ccccc1CN1CCN(CC(=O)O)[C@@H]2CS(=O)(=O)C[C@@H]21. The number of nitrogens with zero attached hydrogens (tertiary/aromatic N) is 2. The fourth-order valence-corrected chi connectivity index (χ4v) is 6.37. The maximum Gasteiger partial charge on any atom is 0.317 e. The van der Waals surface area contributed by atoms with Crippen molar-refractivity contribution >= 4 is 27.6 Å². The molecule has 2 aliphatic rings. The smallest absolute Gasteiger partial charge is 0.317 e. The van der Waals surface area contributed by atoms with Crippen LogP contribution in [-0.2, 0) is 21.2 Å². The second kappa shape index (κ2) is 7.03. The van der Waals surface area contributed by atoms with Crippen LogP contribution in [-0.4, -0.2) is 78.8 Å². The molecule has 0 saturated carbocycles. The minimum Gasteiger partial charge on any atom is -0.480 e. The molecule has 0 amide bonds. The average molecular weight is 370 g/mol. The van der Waals surface area contributed by atoms with E-state index in [-0.39, 0.29) is 30.1 Å². The number of benzene rings is 1. The molecule has 24 heavy (non-hydrogen) atoms. The van der Waals surface area contributed by atoms with Crippen molar-refractivity contribution in [1.29, 1.82) is 0 Å². The molecule has 8 heteroatoms. The Bertz CT molecular complexity index is 723. The summed E-state index contributed by atoms with van der Waals surface area (Å²) in [7, 11) is -3.12. The number of aliphatic carboxylic acids is 1. The van der Waals surface area contributed by atoms with Crippen LogP contribution in [0.2, 0.25) is 0 Å². The van der Waals surface area contributed by atoms with Crippen LogP contribution in [0.25, 0.3) is 0 Å². The van der Waals surface area contributed by atoms with Gasteiger partial charge >= 0.3 is 5.97 Å². The Morgan fingerprint density at radius 3 is 2.50 bits per heavy atom. The minimum atomic E-state index is -3.12. The molecule has 3 rings (SSSR count). The van der Waals surface area contributed by atoms with E-state index in [1.807, 2.05) is 23.3 Å². The monoisotopic (exact) mass is 370 g/mol. The number of hydrogen-bond acceptors (Lipinski definition) is 6. The van der Waals surface area contributed by atoms with Crippen LogP contribution >= 0.6 is 11.8 Å². The van der Waals surface area contributed by atoms with E-state index in [1.165, 1.54) is 10.5 Å². The second-order valence-corrected chi connectivity index (χ2v) is 9.36. The molecule has 0 aromatic heterocycles. The van der Waals surface area contributed by atoms with Gasteiger partial charge in [-0.15, -0.1) is 11.8 Å². The van der Waals surface area contributed by atoms with Crippen molar-refractivity contribution in [3.63, 3.8) is 0 Å². The molecule has 2 saturated heterocycles. The molecule has 2 aliphatic heterocycles. The molecule has 1 N–H and O–H groups in total. The predicted octanol–water partition coefficient (Wildman–Crippen LogP) is 0.776. The number of hydrogen-bond donors (Lipinski definition) is 1. The summed E-state index contributed by atoms with van der Waals surface area (Å²) in [6, 6.07) is 7.80. The quantitative estimate of drug-likeness (QED) is 0.767. The van der Waals surface area contributed by atoms with Crippen molar-refractivity contribution in [3.05, 3.63) is 29.8 Å². The lowest BCUT2D eigenvalue weighted by atomic mass is 10.0. The first-order valence-electron chi connectivity index (χ1n) is 7.92. The number of carboxylic acid groups (broad SMARTS) is 1. The highest BCUT2D eigenvalue weighted by molar-refractivity contribution is 7.98. The van der Waals surface area contributed by atoms with Crippen molar-refractivity contribution in [3.8, 4) is 0 Å². The zero-order valence-electron chi connectivity index (χ0n) is 13.6. The lowest BCUT2D eigenvalue weighted by Crippen LogP contribution is -2.59. The summed E-state index contributed by atoms with van der Waals surface area (Å²) >= 11 is 1.68. The standard InChI is InChI=1S/C16H22N2O4S2/c1-23-15-5-3-2-4-12(15)8-17-6-7-18(9-16(19)20)14-11-24(21,22)10-13(14)17/h2-5,13-14H,6-11H2,1H3,(H,19,20)/t13-,14+/m0/s1. The molecule has 0 bridgehead atoms. The molecule has 132 valence electrons. The Kier molecular flexibility index (Phi) is 5.19. The van der Waals surface area contributed by atoms with Gasteiger partial charge in [0.1, 0.15) is 0 Å². The molecule has 2 atom stereocenters. The van der Waals surface area contributed by atoms with Crippen molar-refractivity contribution in [1.82, 2.24) is 9.80 Å². The summed E-state index contributed by atoms with van der Waals surface area (Å²) in [6.45, 7) is 1.89. The number of carboxylic acids is 1. The Balaban J connectivity index is 1.82. The fourth-order valence-electron chi connectivity index (χ4n) is 3.72. The summed E-state index contributed by atoms with van der Waals surface area (Å²) in [5, 5.41) is 9.08. The first-order chi connectivity index (χ1) is 11.4. The Morgan fingerprint density at radius 2 is 1.83 bits per heavy atom. The zero-order valence-corrected chi connectivity index (χ0v) is 15.2. The van der Waals surface area contributed by atoms with Crippen LogP contribution in [0, 0.1) is 0 Å². The maximum absolute atomic E-state index is 12.1. The summed E-state index contributed by atoms with van der Waals surface area (Å²) < 4.78 is 24.3. The van der Waals surface area contributed by atoms with Gasteiger partial charge in [-0.3, -0.25) is 14.6 Å². The van der Waals surface area contributed by atoms with Crippen molar-refractivity contribution in [2.45, 2.75) is 23.5 Å². The summed E-state index contributed by atoms with van der Waals surface area (Å²) in [5.41, 5.74) is 1.19. The largest absolute Gasteiger partial charge is 0.480 e. The van der Waals surface area contributed by atoms with E-state index < -0.39 is 15.8 Å². The van der Waals surface area contributed by atoms with E-state index in [0.29, 0.717) is 19.6 Å². The Hall–Kier alpha value is -1.09. The average Bonchev–Trinajstić information content (AvgIpc) is 2.86. The molecule has 0 aliphatic carbocycles. The van der Waals surface area contributed by atoms with Crippen LogP contribution in [0.1, 0.15) is 5.56 Å². The second-order valence-electron chi connectivity index (χ2n) is 6.36. The Morgan fingerprint density at radius 1 is 1.21 bits per heavy atom. The molecule has 6 nitrogen and oxygen atoms in total. The van der Waals surface area contributed by atoms with Gasteiger partial charge in [-0.05, 0) is 17.9 Å². The topological polar surface area (TPSA) is 77.9 Å². The van der Waals surface area contributed by atoms with Crippen molar-refractivity contribution in [2.24, 2.45) is 0 Å². The molecule has 0 radical (unpaired) electrons. The Labute approximate surface area is 146 Å². The number of carbonyl (C=O) groups is 1. The normalized spacial score (nSPS) is 27.0. The molecular formula is C16H22N2O4S2. The van der Waals surface area contributed by atoms with Crippen molar-refractivity contribution < 1.29 is 18.3 Å². The summed E-state index contributed by atoms with van der Waals surface area (Å²) in [4.78, 5) is 16.3. The summed E-state index contributed by atoms with van der Waals surface area (Å²) in [5.74, 6) is -0.722.